The van der Waals surface area contributed by atoms with Crippen molar-refractivity contribution in [2.75, 3.05) is 19.8 Å². The SMILES string of the molecule is Cc1nc(CCNC(=O)C2(C(N)=S)CCOCC2)no1. The summed E-state index contributed by atoms with van der Waals surface area (Å²) in [4.78, 5) is 16.7. The summed E-state index contributed by atoms with van der Waals surface area (Å²) in [5.41, 5.74) is 4.97. The van der Waals surface area contributed by atoms with Crippen molar-refractivity contribution in [2.24, 2.45) is 11.1 Å². The van der Waals surface area contributed by atoms with E-state index in [1.54, 1.807) is 6.92 Å². The summed E-state index contributed by atoms with van der Waals surface area (Å²) in [6.07, 6.45) is 1.55. The van der Waals surface area contributed by atoms with Crippen LogP contribution in [0.4, 0.5) is 0 Å². The third kappa shape index (κ3) is 3.13. The van der Waals surface area contributed by atoms with Crippen LogP contribution in [0.1, 0.15) is 24.6 Å². The molecule has 0 aliphatic carbocycles. The van der Waals surface area contributed by atoms with Gasteiger partial charge >= 0.3 is 0 Å². The van der Waals surface area contributed by atoms with Crippen LogP contribution >= 0.6 is 12.2 Å². The minimum absolute atomic E-state index is 0.145. The Balaban J connectivity index is 1.90. The Bertz CT molecular complexity index is 497. The average molecular weight is 298 g/mol. The number of nitrogens with zero attached hydrogens (tertiary/aromatic N) is 2. The molecule has 0 bridgehead atoms. The molecule has 8 heteroatoms. The van der Waals surface area contributed by atoms with Crippen LogP contribution in [0.2, 0.25) is 0 Å². The van der Waals surface area contributed by atoms with Gasteiger partial charge in [0.25, 0.3) is 0 Å². The number of amides is 1. The molecular weight excluding hydrogens is 280 g/mol. The molecule has 0 spiro atoms. The van der Waals surface area contributed by atoms with Gasteiger partial charge in [-0.15, -0.1) is 0 Å². The van der Waals surface area contributed by atoms with Crippen molar-refractivity contribution in [3.05, 3.63) is 11.7 Å². The first-order chi connectivity index (χ1) is 9.54. The van der Waals surface area contributed by atoms with Gasteiger partial charge in [0.1, 0.15) is 5.41 Å². The fourth-order valence-corrected chi connectivity index (χ4v) is 2.50. The van der Waals surface area contributed by atoms with Crippen LogP contribution in [-0.2, 0) is 16.0 Å². The molecule has 0 saturated carbocycles. The van der Waals surface area contributed by atoms with Crippen LogP contribution in [0.25, 0.3) is 0 Å². The maximum absolute atomic E-state index is 12.4. The van der Waals surface area contributed by atoms with Gasteiger partial charge in [-0.1, -0.05) is 17.4 Å². The second kappa shape index (κ2) is 6.27. The van der Waals surface area contributed by atoms with E-state index in [9.17, 15) is 4.79 Å². The molecule has 1 aliphatic heterocycles. The molecule has 1 saturated heterocycles. The van der Waals surface area contributed by atoms with Crippen molar-refractivity contribution in [3.8, 4) is 0 Å². The number of nitrogens with two attached hydrogens (primary N) is 1. The molecule has 2 rings (SSSR count). The van der Waals surface area contributed by atoms with Crippen LogP contribution in [0.15, 0.2) is 4.52 Å². The predicted octanol–water partition coefficient (Wildman–Crippen LogP) is 0.120. The molecule has 7 nitrogen and oxygen atoms in total. The molecule has 0 atom stereocenters. The van der Waals surface area contributed by atoms with Gasteiger partial charge in [0.05, 0.1) is 4.99 Å². The average Bonchev–Trinajstić information content (AvgIpc) is 2.85. The Morgan fingerprint density at radius 2 is 2.20 bits per heavy atom. The standard InChI is InChI=1S/C12H18N4O3S/c1-8-15-9(16-19-8)2-5-14-11(17)12(10(13)20)3-6-18-7-4-12/h2-7H2,1H3,(H2,13,20)(H,14,17). The Kier molecular flexibility index (Phi) is 4.66. The van der Waals surface area contributed by atoms with Crippen LogP contribution in [-0.4, -0.2) is 40.8 Å². The number of aromatic nitrogens is 2. The van der Waals surface area contributed by atoms with Gasteiger partial charge in [-0.05, 0) is 12.8 Å². The fourth-order valence-electron chi connectivity index (χ4n) is 2.21. The first kappa shape index (κ1) is 14.9. The third-order valence-electron chi connectivity index (χ3n) is 3.46. The highest BCUT2D eigenvalue weighted by atomic mass is 32.1. The second-order valence-corrected chi connectivity index (χ2v) is 5.23. The Morgan fingerprint density at radius 1 is 1.50 bits per heavy atom. The number of carbonyl (C=O) groups excluding carboxylic acids is 1. The second-order valence-electron chi connectivity index (χ2n) is 4.79. The summed E-state index contributed by atoms with van der Waals surface area (Å²) >= 11 is 5.07. The molecule has 1 amide bonds. The monoisotopic (exact) mass is 298 g/mol. The first-order valence-corrected chi connectivity index (χ1v) is 6.90. The van der Waals surface area contributed by atoms with Crippen molar-refractivity contribution in [2.45, 2.75) is 26.2 Å². The van der Waals surface area contributed by atoms with Gasteiger partial charge in [0.2, 0.25) is 11.8 Å². The topological polar surface area (TPSA) is 103 Å². The normalized spacial score (nSPS) is 17.6. The number of hydrogen-bond acceptors (Lipinski definition) is 6. The van der Waals surface area contributed by atoms with Gasteiger partial charge in [0.15, 0.2) is 5.82 Å². The van der Waals surface area contributed by atoms with E-state index in [1.807, 2.05) is 0 Å². The maximum Gasteiger partial charge on any atom is 0.233 e. The highest BCUT2D eigenvalue weighted by Crippen LogP contribution is 2.31. The third-order valence-corrected chi connectivity index (χ3v) is 3.85. The van der Waals surface area contributed by atoms with Gasteiger partial charge in [0, 0.05) is 33.1 Å². The maximum atomic E-state index is 12.4. The van der Waals surface area contributed by atoms with Crippen molar-refractivity contribution in [3.63, 3.8) is 0 Å². The summed E-state index contributed by atoms with van der Waals surface area (Å²) in [7, 11) is 0. The molecule has 110 valence electrons. The minimum Gasteiger partial charge on any atom is -0.392 e. The molecule has 0 aromatic carbocycles. The van der Waals surface area contributed by atoms with Crippen molar-refractivity contribution >= 4 is 23.1 Å². The molecule has 20 heavy (non-hydrogen) atoms. The number of ether oxygens (including phenoxy) is 1. The van der Waals surface area contributed by atoms with Gasteiger partial charge in [-0.2, -0.15) is 4.98 Å². The van der Waals surface area contributed by atoms with Crippen molar-refractivity contribution < 1.29 is 14.1 Å². The minimum atomic E-state index is -0.791. The Labute approximate surface area is 122 Å². The summed E-state index contributed by atoms with van der Waals surface area (Å²) < 4.78 is 10.1. The van der Waals surface area contributed by atoms with Crippen LogP contribution in [0.3, 0.4) is 0 Å². The number of nitrogens with one attached hydrogen (secondary N) is 1. The molecule has 2 heterocycles. The molecule has 1 fully saturated rings. The lowest BCUT2D eigenvalue weighted by Gasteiger charge is -2.34. The highest BCUT2D eigenvalue weighted by Gasteiger charge is 2.42. The molecule has 0 radical (unpaired) electrons. The summed E-state index contributed by atoms with van der Waals surface area (Å²) in [5.74, 6) is 0.933. The zero-order chi connectivity index (χ0) is 14.6. The highest BCUT2D eigenvalue weighted by molar-refractivity contribution is 7.80. The van der Waals surface area contributed by atoms with Crippen molar-refractivity contribution in [1.82, 2.24) is 15.5 Å². The van der Waals surface area contributed by atoms with Gasteiger partial charge in [-0.25, -0.2) is 0 Å². The number of thiocarbonyl (C=S) groups is 1. The molecule has 1 aromatic rings. The molecule has 0 unspecified atom stereocenters. The molecular formula is C12H18N4O3S. The van der Waals surface area contributed by atoms with E-state index >= 15 is 0 Å². The molecule has 3 N–H and O–H groups in total. The van der Waals surface area contributed by atoms with E-state index in [2.05, 4.69) is 15.5 Å². The largest absolute Gasteiger partial charge is 0.392 e. The van der Waals surface area contributed by atoms with E-state index in [4.69, 9.17) is 27.2 Å². The van der Waals surface area contributed by atoms with E-state index in [0.29, 0.717) is 50.7 Å². The quantitative estimate of drug-likeness (QED) is 0.744. The summed E-state index contributed by atoms with van der Waals surface area (Å²) in [6.45, 7) is 3.13. The number of aryl methyl sites for hydroxylation is 1. The van der Waals surface area contributed by atoms with E-state index in [1.165, 1.54) is 0 Å². The van der Waals surface area contributed by atoms with Gasteiger partial charge < -0.3 is 20.3 Å². The first-order valence-electron chi connectivity index (χ1n) is 6.50. The van der Waals surface area contributed by atoms with Crippen LogP contribution in [0, 0.1) is 12.3 Å². The smallest absolute Gasteiger partial charge is 0.233 e. The van der Waals surface area contributed by atoms with Crippen molar-refractivity contribution in [1.29, 1.82) is 0 Å². The lowest BCUT2D eigenvalue weighted by Crippen LogP contribution is -2.52. The molecule has 1 aliphatic rings. The number of carbonyl (C=O) groups is 1. The number of rotatable bonds is 5. The van der Waals surface area contributed by atoms with E-state index in [0.717, 1.165) is 0 Å². The Morgan fingerprint density at radius 3 is 2.75 bits per heavy atom. The lowest BCUT2D eigenvalue weighted by molar-refractivity contribution is -0.131. The Hall–Kier alpha value is -1.54. The van der Waals surface area contributed by atoms with E-state index < -0.39 is 5.41 Å². The van der Waals surface area contributed by atoms with E-state index in [-0.39, 0.29) is 10.9 Å². The lowest BCUT2D eigenvalue weighted by atomic mass is 9.79. The predicted molar refractivity (Wildman–Crippen MR) is 75.0 cm³/mol. The number of hydrogen-bond donors (Lipinski definition) is 2. The van der Waals surface area contributed by atoms with Crippen LogP contribution < -0.4 is 11.1 Å². The summed E-state index contributed by atoms with van der Waals surface area (Å²) in [6, 6.07) is 0. The summed E-state index contributed by atoms with van der Waals surface area (Å²) in [5, 5.41) is 6.62. The van der Waals surface area contributed by atoms with Gasteiger partial charge in [-0.3, -0.25) is 4.79 Å². The fraction of sp³-hybridized carbons (Fsp3) is 0.667. The zero-order valence-electron chi connectivity index (χ0n) is 11.3. The zero-order valence-corrected chi connectivity index (χ0v) is 12.2. The van der Waals surface area contributed by atoms with Crippen LogP contribution in [0.5, 0.6) is 0 Å². The molecule has 1 aromatic heterocycles.